The SMILES string of the molecule is CCCC1OC1C(=O)N[C@@H](CO)C(=O)NC1C(=O)NC(Cc2c[nH]c3ccccc23)C(=O)N[C@@H](CC(=O)O)C(=O)NC(CC(=O)O)C(=O)N[C@H](c2ccc(O)cc2)C(=O)N[C@@H](CC(=O)O)C(=O)NCC(=O)N[C@H]([C@H](OP(=O)(O)O)C(N)=O)C(=O)NC(C(C)CC(=O)O)C(=O)N/C(=C/c2c[nH]c3ccccc23)C(=O)O[C@H]1C. The fraction of sp³-hybridized carbons (Fsp3) is 0.388. The fourth-order valence-corrected chi connectivity index (χ4v) is 12.0. The summed E-state index contributed by atoms with van der Waals surface area (Å²) in [4.78, 5) is 263. The number of fused-ring (bicyclic) bond motifs is 2. The second-order valence-corrected chi connectivity index (χ2v) is 26.6. The molecule has 12 amide bonds. The molecule has 2 aliphatic rings. The van der Waals surface area contributed by atoms with Crippen LogP contribution in [0.5, 0.6) is 5.75 Å². The molecule has 0 bridgehead atoms. The van der Waals surface area contributed by atoms with Crippen molar-refractivity contribution in [1.29, 1.82) is 0 Å². The van der Waals surface area contributed by atoms with Crippen LogP contribution in [-0.2, 0) is 106 Å². The lowest BCUT2D eigenvalue weighted by atomic mass is 9.96. The molecular formula is C67H79N14O29P. The molecule has 596 valence electrons. The first-order valence-corrected chi connectivity index (χ1v) is 35.2. The smallest absolute Gasteiger partial charge is 0.470 e. The molecule has 3 aromatic carbocycles. The monoisotopic (exact) mass is 1570 g/mol. The third kappa shape index (κ3) is 24.4. The van der Waals surface area contributed by atoms with E-state index in [1.807, 2.05) is 21.3 Å². The largest absolute Gasteiger partial charge is 0.508 e. The number of nitrogens with one attached hydrogen (secondary N) is 13. The second-order valence-electron chi connectivity index (χ2n) is 25.4. The van der Waals surface area contributed by atoms with E-state index >= 15 is 19.2 Å². The molecule has 5 aromatic rings. The Morgan fingerprint density at radius 3 is 1.78 bits per heavy atom. The number of cyclic esters (lactones) is 1. The van der Waals surface area contributed by atoms with Crippen molar-refractivity contribution in [3.63, 3.8) is 0 Å². The van der Waals surface area contributed by atoms with E-state index in [2.05, 4.69) is 46.4 Å². The van der Waals surface area contributed by atoms with Crippen LogP contribution < -0.4 is 64.2 Å². The lowest BCUT2D eigenvalue weighted by Crippen LogP contribution is -2.62. The minimum atomic E-state index is -6.02. The minimum absolute atomic E-state index is 0.0349. The van der Waals surface area contributed by atoms with E-state index in [-0.39, 0.29) is 16.7 Å². The van der Waals surface area contributed by atoms with E-state index < -0.39 is 250 Å². The number of hydrogen-bond acceptors (Lipinski definition) is 23. The predicted molar refractivity (Wildman–Crippen MR) is 374 cm³/mol. The number of esters is 1. The Balaban J connectivity index is 1.41. The number of hydrogen-bond donors (Lipinski definition) is 22. The van der Waals surface area contributed by atoms with Crippen LogP contribution in [0.15, 0.2) is 90.9 Å². The number of phosphoric acid groups is 1. The van der Waals surface area contributed by atoms with Crippen molar-refractivity contribution in [2.75, 3.05) is 13.2 Å². The van der Waals surface area contributed by atoms with Gasteiger partial charge in [-0.2, -0.15) is 0 Å². The van der Waals surface area contributed by atoms with Gasteiger partial charge >= 0.3 is 37.7 Å². The molecule has 7 unspecified atom stereocenters. The number of carboxylic acid groups (broad SMARTS) is 4. The molecule has 0 saturated carbocycles. The van der Waals surface area contributed by atoms with Crippen molar-refractivity contribution in [2.45, 2.75) is 145 Å². The maximum atomic E-state index is 15.4. The number of epoxide rings is 1. The fourth-order valence-electron chi connectivity index (χ4n) is 11.5. The summed E-state index contributed by atoms with van der Waals surface area (Å²) in [6.07, 6.45) is -8.23. The number of H-pyrrole nitrogens is 2. The predicted octanol–water partition coefficient (Wildman–Crippen LogP) is -5.09. The third-order valence-electron chi connectivity index (χ3n) is 17.0. The van der Waals surface area contributed by atoms with Gasteiger partial charge in [0.05, 0.1) is 44.9 Å². The van der Waals surface area contributed by atoms with Crippen LogP contribution in [0, 0.1) is 5.92 Å². The van der Waals surface area contributed by atoms with Gasteiger partial charge < -0.3 is 124 Å². The van der Waals surface area contributed by atoms with E-state index in [1.54, 1.807) is 48.6 Å². The summed E-state index contributed by atoms with van der Waals surface area (Å²) in [6.45, 7) is 1.08. The minimum Gasteiger partial charge on any atom is -0.508 e. The average molecular weight is 1580 g/mol. The van der Waals surface area contributed by atoms with Crippen molar-refractivity contribution < 1.29 is 140 Å². The number of carbonyl (C=O) groups excluding carboxylic acids is 13. The summed E-state index contributed by atoms with van der Waals surface area (Å²) in [5, 5.41) is 84.8. The van der Waals surface area contributed by atoms with Crippen molar-refractivity contribution >= 4 is 136 Å². The number of aliphatic hydroxyl groups excluding tert-OH is 1. The number of nitrogens with two attached hydrogens (primary N) is 1. The Hall–Kier alpha value is -12.7. The van der Waals surface area contributed by atoms with E-state index in [0.717, 1.165) is 44.2 Å². The number of ether oxygens (including phenoxy) is 2. The van der Waals surface area contributed by atoms with Gasteiger partial charge in [0.15, 0.2) is 12.2 Å². The normalized spacial score (nSPS) is 23.8. The van der Waals surface area contributed by atoms with Crippen molar-refractivity contribution in [1.82, 2.24) is 68.5 Å². The molecule has 14 atom stereocenters. The zero-order valence-electron chi connectivity index (χ0n) is 58.8. The number of carbonyl (C=O) groups is 17. The number of aliphatic hydroxyl groups is 1. The van der Waals surface area contributed by atoms with Gasteiger partial charge in [-0.25, -0.2) is 9.36 Å². The first-order valence-electron chi connectivity index (χ1n) is 33.7. The highest BCUT2D eigenvalue weighted by atomic mass is 31.2. The number of aliphatic carboxylic acids is 4. The number of aromatic nitrogens is 2. The lowest BCUT2D eigenvalue weighted by Gasteiger charge is -2.30. The Bertz CT molecular complexity index is 4500. The van der Waals surface area contributed by atoms with E-state index in [1.165, 1.54) is 24.5 Å². The van der Waals surface area contributed by atoms with Crippen LogP contribution in [0.1, 0.15) is 82.0 Å². The van der Waals surface area contributed by atoms with Crippen LogP contribution >= 0.6 is 7.82 Å². The third-order valence-corrected chi connectivity index (χ3v) is 17.5. The molecule has 2 aromatic heterocycles. The zero-order valence-corrected chi connectivity index (χ0v) is 59.7. The number of phosphoric ester groups is 1. The molecule has 7 rings (SSSR count). The Morgan fingerprint density at radius 1 is 0.658 bits per heavy atom. The number of carboxylic acids is 4. The summed E-state index contributed by atoms with van der Waals surface area (Å²) in [7, 11) is -6.02. The number of aromatic amines is 2. The first-order chi connectivity index (χ1) is 52.3. The van der Waals surface area contributed by atoms with Crippen molar-refractivity contribution in [2.24, 2.45) is 11.7 Å². The first kappa shape index (κ1) is 85.5. The molecule has 44 heteroatoms. The number of primary amides is 1. The molecule has 111 heavy (non-hydrogen) atoms. The van der Waals surface area contributed by atoms with E-state index in [0.29, 0.717) is 34.6 Å². The summed E-state index contributed by atoms with van der Waals surface area (Å²) in [5.74, 6) is -30.0. The van der Waals surface area contributed by atoms with Crippen LogP contribution in [0.2, 0.25) is 0 Å². The maximum absolute atomic E-state index is 15.4. The number of phenols is 1. The number of aromatic hydroxyl groups is 1. The molecule has 2 saturated heterocycles. The molecule has 0 aliphatic carbocycles. The summed E-state index contributed by atoms with van der Waals surface area (Å²) in [6, 6.07) is -4.60. The Morgan fingerprint density at radius 2 is 1.21 bits per heavy atom. The highest BCUT2D eigenvalue weighted by Crippen LogP contribution is 2.38. The number of para-hydroxylation sites is 2. The van der Waals surface area contributed by atoms with Gasteiger partial charge in [0.1, 0.15) is 71.9 Å². The van der Waals surface area contributed by atoms with Gasteiger partial charge in [-0.1, -0.05) is 68.8 Å². The Labute approximate surface area is 625 Å². The van der Waals surface area contributed by atoms with Gasteiger partial charge in [0, 0.05) is 46.2 Å². The molecule has 4 heterocycles. The van der Waals surface area contributed by atoms with Gasteiger partial charge in [-0.3, -0.25) is 81.2 Å². The summed E-state index contributed by atoms with van der Waals surface area (Å²) in [5.41, 5.74) is 5.15. The van der Waals surface area contributed by atoms with Gasteiger partial charge in [0.2, 0.25) is 65.0 Å². The summed E-state index contributed by atoms with van der Waals surface area (Å²) < 4.78 is 28.2. The second kappa shape index (κ2) is 38.4. The number of benzene rings is 3. The molecule has 0 radical (unpaired) electrons. The Kier molecular flexibility index (Phi) is 29.6. The number of phenolic OH excluding ortho intramolecular Hbond substituents is 1. The van der Waals surface area contributed by atoms with E-state index in [4.69, 9.17) is 15.2 Å². The van der Waals surface area contributed by atoms with Gasteiger partial charge in [-0.05, 0) is 60.7 Å². The zero-order chi connectivity index (χ0) is 81.9. The van der Waals surface area contributed by atoms with Crippen LogP contribution in [0.25, 0.3) is 27.9 Å². The quantitative estimate of drug-likeness (QED) is 0.0119. The molecular weight excluding hydrogens is 1500 g/mol. The van der Waals surface area contributed by atoms with Crippen LogP contribution in [-0.4, -0.2) is 237 Å². The number of amides is 12. The lowest BCUT2D eigenvalue weighted by molar-refractivity contribution is -0.150. The van der Waals surface area contributed by atoms with Crippen molar-refractivity contribution in [3.05, 3.63) is 108 Å². The maximum Gasteiger partial charge on any atom is 0.470 e. The molecule has 2 aliphatic heterocycles. The van der Waals surface area contributed by atoms with Crippen molar-refractivity contribution in [3.8, 4) is 5.75 Å². The van der Waals surface area contributed by atoms with Gasteiger partial charge in [-0.15, -0.1) is 0 Å². The standard InChI is InChI=1S/C67H79N14O29P/c1-4-9-44-54(109-44)66(103)77-43(27-82)61(98)80-51-29(3)108-67(104)42(20-32-25-70-37-13-8-6-11-35(32)37)76-62(99)50(28(2)18-46(85)86)79-65(102)53(55(56(68)93)110-111(105,106)107)78-45(84)26-71-57(94)39(21-47(87)88)75-64(101)52(30-14-16-33(83)17-15-30)81-60(97)41(23-49(91)92)73-59(96)40(22-48(89)90)72-58(95)38(74-63(51)100)19-31-24-69-36-12-7-5-10-34(31)36/h5-8,10-17,20,24-25,28-29,38-41,43-44,50-55,69-70,82-83H,4,9,18-19,21-23,26-27H2,1-3H3,(H2,68,93)(H,71,94)(H,72,95)(H,73,96)(H,74,100)(H,75,101)(H,76,99)(H,77,103)(H,78,84)(H,79,102)(H,80,98)(H,81,97)(H,85,86)(H,87,88)(H,89,90)(H,91,92)(H2,105,106,107)/b42-20+/t28?,29-,38?,39-,40-,41?,43-,44?,50?,51?,52+,53+,54?,55-/m0/s1. The number of rotatable bonds is 24. The van der Waals surface area contributed by atoms with Gasteiger partial charge in [0.25, 0.3) is 5.91 Å². The molecule has 43 nitrogen and oxygen atoms in total. The van der Waals surface area contributed by atoms with Crippen LogP contribution in [0.3, 0.4) is 0 Å². The average Bonchev–Trinajstić information content (AvgIpc) is 1.77. The molecule has 0 spiro atoms. The molecule has 2 fully saturated rings. The highest BCUT2D eigenvalue weighted by molar-refractivity contribution is 7.46. The topological polar surface area (TPSA) is 690 Å². The summed E-state index contributed by atoms with van der Waals surface area (Å²) >= 11 is 0. The van der Waals surface area contributed by atoms with E-state index in [9.17, 15) is 107 Å². The molecule has 23 N–H and O–H groups in total. The highest BCUT2D eigenvalue weighted by Gasteiger charge is 2.47. The van der Waals surface area contributed by atoms with Crippen LogP contribution in [0.4, 0.5) is 0 Å².